The summed E-state index contributed by atoms with van der Waals surface area (Å²) in [4.78, 5) is 18.2. The second-order valence-corrected chi connectivity index (χ2v) is 5.36. The average Bonchev–Trinajstić information content (AvgIpc) is 3.03. The number of nitrogens with one attached hydrogen (secondary N) is 1. The van der Waals surface area contributed by atoms with Crippen LogP contribution in [-0.4, -0.2) is 24.7 Å². The molecule has 26 heavy (non-hydrogen) atoms. The van der Waals surface area contributed by atoms with Crippen molar-refractivity contribution in [2.45, 2.75) is 6.18 Å². The van der Waals surface area contributed by atoms with Crippen LogP contribution in [-0.2, 0) is 6.18 Å². The van der Waals surface area contributed by atoms with Gasteiger partial charge < -0.3 is 5.32 Å². The average molecular weight is 385 g/mol. The summed E-state index contributed by atoms with van der Waals surface area (Å²) in [7, 11) is 0. The van der Waals surface area contributed by atoms with Gasteiger partial charge in [-0.15, -0.1) is 0 Å². The number of aromatic nitrogens is 4. The molecule has 0 unspecified atom stereocenters. The number of nitrogens with zero attached hydrogens (tertiary/aromatic N) is 5. The minimum absolute atomic E-state index is 0.207. The molecule has 0 aliphatic heterocycles. The SMILES string of the molecule is O=[N+]([O-])c1cc(C(F)(F)F)c(Cl)cc1Nc1cnn(-c2ncccn2)c1. The van der Waals surface area contributed by atoms with E-state index in [-0.39, 0.29) is 17.3 Å². The summed E-state index contributed by atoms with van der Waals surface area (Å²) >= 11 is 5.63. The Morgan fingerprint density at radius 3 is 2.54 bits per heavy atom. The summed E-state index contributed by atoms with van der Waals surface area (Å²) in [6, 6.07) is 2.84. The third-order valence-corrected chi connectivity index (χ3v) is 3.52. The number of benzene rings is 1. The second kappa shape index (κ2) is 6.59. The van der Waals surface area contributed by atoms with Gasteiger partial charge in [-0.05, 0) is 12.1 Å². The van der Waals surface area contributed by atoms with Crippen molar-refractivity contribution in [2.24, 2.45) is 0 Å². The van der Waals surface area contributed by atoms with Gasteiger partial charge in [0.2, 0.25) is 5.95 Å². The molecule has 134 valence electrons. The van der Waals surface area contributed by atoms with Crippen LogP contribution in [0.1, 0.15) is 5.56 Å². The van der Waals surface area contributed by atoms with Gasteiger partial charge in [0.25, 0.3) is 5.69 Å². The van der Waals surface area contributed by atoms with E-state index < -0.39 is 27.4 Å². The van der Waals surface area contributed by atoms with Crippen LogP contribution in [0.5, 0.6) is 0 Å². The highest BCUT2D eigenvalue weighted by molar-refractivity contribution is 6.31. The van der Waals surface area contributed by atoms with Crippen LogP contribution in [0, 0.1) is 10.1 Å². The summed E-state index contributed by atoms with van der Waals surface area (Å²) in [6.07, 6.45) is 0.918. The van der Waals surface area contributed by atoms with Crippen LogP contribution in [0.15, 0.2) is 43.0 Å². The molecule has 12 heteroatoms. The highest BCUT2D eigenvalue weighted by Gasteiger charge is 2.36. The maximum Gasteiger partial charge on any atom is 0.418 e. The molecular formula is C14H8ClF3N6O2. The van der Waals surface area contributed by atoms with Crippen molar-refractivity contribution in [1.82, 2.24) is 19.7 Å². The van der Waals surface area contributed by atoms with Crippen molar-refractivity contribution in [1.29, 1.82) is 0 Å². The zero-order chi connectivity index (χ0) is 18.9. The maximum absolute atomic E-state index is 12.9. The lowest BCUT2D eigenvalue weighted by molar-refractivity contribution is -0.384. The smallest absolute Gasteiger partial charge is 0.347 e. The molecule has 1 N–H and O–H groups in total. The van der Waals surface area contributed by atoms with E-state index in [4.69, 9.17) is 11.6 Å². The Morgan fingerprint density at radius 2 is 1.92 bits per heavy atom. The van der Waals surface area contributed by atoms with Crippen molar-refractivity contribution in [3.8, 4) is 5.95 Å². The third-order valence-electron chi connectivity index (χ3n) is 3.21. The van der Waals surface area contributed by atoms with Crippen molar-refractivity contribution >= 4 is 28.7 Å². The number of hydrogen-bond acceptors (Lipinski definition) is 6. The summed E-state index contributed by atoms with van der Waals surface area (Å²) < 4.78 is 40.0. The van der Waals surface area contributed by atoms with Gasteiger partial charge in [0.15, 0.2) is 0 Å². The quantitative estimate of drug-likeness (QED) is 0.539. The van der Waals surface area contributed by atoms with Gasteiger partial charge in [-0.1, -0.05) is 11.6 Å². The molecule has 0 aliphatic rings. The molecule has 0 atom stereocenters. The summed E-state index contributed by atoms with van der Waals surface area (Å²) in [5, 5.41) is 17.1. The highest BCUT2D eigenvalue weighted by Crippen LogP contribution is 2.41. The van der Waals surface area contributed by atoms with Gasteiger partial charge in [0.1, 0.15) is 5.69 Å². The number of nitro benzene ring substituents is 1. The van der Waals surface area contributed by atoms with Crippen LogP contribution < -0.4 is 5.32 Å². The van der Waals surface area contributed by atoms with Crippen LogP contribution in [0.25, 0.3) is 5.95 Å². The molecule has 2 aromatic heterocycles. The molecule has 0 radical (unpaired) electrons. The topological polar surface area (TPSA) is 98.8 Å². The van der Waals surface area contributed by atoms with Crippen molar-refractivity contribution < 1.29 is 18.1 Å². The van der Waals surface area contributed by atoms with Gasteiger partial charge in [0.05, 0.1) is 33.6 Å². The van der Waals surface area contributed by atoms with Gasteiger partial charge in [-0.2, -0.15) is 18.3 Å². The number of rotatable bonds is 4. The minimum atomic E-state index is -4.81. The van der Waals surface area contributed by atoms with E-state index in [2.05, 4.69) is 20.4 Å². The maximum atomic E-state index is 12.9. The van der Waals surface area contributed by atoms with E-state index in [9.17, 15) is 23.3 Å². The monoisotopic (exact) mass is 384 g/mol. The van der Waals surface area contributed by atoms with Crippen molar-refractivity contribution in [3.05, 3.63) is 63.7 Å². The molecule has 2 heterocycles. The molecule has 0 spiro atoms. The first-order valence-corrected chi connectivity index (χ1v) is 7.27. The molecule has 0 saturated heterocycles. The van der Waals surface area contributed by atoms with E-state index in [1.54, 1.807) is 6.07 Å². The number of hydrogen-bond donors (Lipinski definition) is 1. The van der Waals surface area contributed by atoms with Crippen LogP contribution in [0.3, 0.4) is 0 Å². The second-order valence-electron chi connectivity index (χ2n) is 4.95. The molecule has 0 aliphatic carbocycles. The van der Waals surface area contributed by atoms with E-state index in [0.717, 1.165) is 6.07 Å². The summed E-state index contributed by atoms with van der Waals surface area (Å²) in [5.41, 5.74) is -1.99. The Balaban J connectivity index is 1.96. The molecule has 0 fully saturated rings. The van der Waals surface area contributed by atoms with Gasteiger partial charge >= 0.3 is 6.18 Å². The zero-order valence-corrected chi connectivity index (χ0v) is 13.4. The Hall–Kier alpha value is -3.21. The van der Waals surface area contributed by atoms with Gasteiger partial charge in [-0.3, -0.25) is 10.1 Å². The fourth-order valence-electron chi connectivity index (χ4n) is 2.09. The predicted octanol–water partition coefficient (Wildman–Crippen LogP) is 3.99. The lowest BCUT2D eigenvalue weighted by Gasteiger charge is -2.11. The first-order chi connectivity index (χ1) is 12.3. The zero-order valence-electron chi connectivity index (χ0n) is 12.6. The molecule has 0 saturated carbocycles. The molecule has 1 aromatic carbocycles. The summed E-state index contributed by atoms with van der Waals surface area (Å²) in [5.74, 6) is 0.250. The van der Waals surface area contributed by atoms with Crippen LogP contribution in [0.4, 0.5) is 30.2 Å². The predicted molar refractivity (Wildman–Crippen MR) is 85.5 cm³/mol. The van der Waals surface area contributed by atoms with Gasteiger partial charge in [-0.25, -0.2) is 14.6 Å². The number of nitro groups is 1. The number of alkyl halides is 3. The Morgan fingerprint density at radius 1 is 1.23 bits per heavy atom. The van der Waals surface area contributed by atoms with E-state index in [0.29, 0.717) is 6.07 Å². The molecule has 0 amide bonds. The number of anilines is 2. The molecule has 3 rings (SSSR count). The Bertz CT molecular complexity index is 961. The number of halogens is 4. The van der Waals surface area contributed by atoms with E-state index >= 15 is 0 Å². The standard InChI is InChI=1S/C14H8ClF3N6O2/c15-10-5-11(12(24(25)26)4-9(10)14(16,17)18)22-8-6-21-23(7-8)13-19-2-1-3-20-13/h1-7,22H. The van der Waals surface area contributed by atoms with Crippen LogP contribution in [0.2, 0.25) is 5.02 Å². The molecular weight excluding hydrogens is 377 g/mol. The fraction of sp³-hybridized carbons (Fsp3) is 0.0714. The lowest BCUT2D eigenvalue weighted by Crippen LogP contribution is -2.08. The van der Waals surface area contributed by atoms with E-state index in [1.165, 1.54) is 29.5 Å². The first-order valence-electron chi connectivity index (χ1n) is 6.90. The van der Waals surface area contributed by atoms with Gasteiger partial charge in [0, 0.05) is 18.5 Å². The first kappa shape index (κ1) is 17.6. The molecule has 3 aromatic rings. The van der Waals surface area contributed by atoms with Crippen LogP contribution >= 0.6 is 11.6 Å². The normalized spacial score (nSPS) is 11.4. The Labute approximate surface area is 148 Å². The molecule has 8 nitrogen and oxygen atoms in total. The summed E-state index contributed by atoms with van der Waals surface area (Å²) in [6.45, 7) is 0. The lowest BCUT2D eigenvalue weighted by atomic mass is 10.1. The molecule has 0 bridgehead atoms. The Kier molecular flexibility index (Phi) is 4.47. The van der Waals surface area contributed by atoms with Crippen molar-refractivity contribution in [3.63, 3.8) is 0 Å². The third kappa shape index (κ3) is 3.57. The van der Waals surface area contributed by atoms with E-state index in [1.807, 2.05) is 0 Å². The highest BCUT2D eigenvalue weighted by atomic mass is 35.5. The fourth-order valence-corrected chi connectivity index (χ4v) is 2.36. The minimum Gasteiger partial charge on any atom is -0.347 e. The van der Waals surface area contributed by atoms with Crippen molar-refractivity contribution in [2.75, 3.05) is 5.32 Å². The largest absolute Gasteiger partial charge is 0.418 e.